The molecule has 0 spiro atoms. The standard InChI is InChI=1S/C9H8Br2O2.C9H10O2.BHNS/c1-13-9(12)7-4-2-3-6(5-7)8(10)11;1-7-4-3-5-8(6-7)9(10)11-2;1-2-3/h2-5,8H,1H3;3-6H,1-2H3;3H. The van der Waals surface area contributed by atoms with Gasteiger partial charge in [-0.3, -0.25) is 0 Å². The van der Waals surface area contributed by atoms with Crippen LogP contribution in [0.25, 0.3) is 0 Å². The summed E-state index contributed by atoms with van der Waals surface area (Å²) in [5, 5.41) is 0. The first-order chi connectivity index (χ1) is 12.8. The zero-order valence-electron chi connectivity index (χ0n) is 15.1. The fourth-order valence-corrected chi connectivity index (χ4v) is 2.38. The van der Waals surface area contributed by atoms with E-state index in [0.717, 1.165) is 11.1 Å². The van der Waals surface area contributed by atoms with Crippen LogP contribution in [0.15, 0.2) is 52.8 Å². The van der Waals surface area contributed by atoms with E-state index in [4.69, 9.17) is 0 Å². The monoisotopic (exact) mass is 514 g/mol. The Hall–Kier alpha value is -1.45. The molecule has 2 rings (SSSR count). The molecule has 5 nitrogen and oxygen atoms in total. The van der Waals surface area contributed by atoms with Gasteiger partial charge in [-0.15, -0.1) is 0 Å². The van der Waals surface area contributed by atoms with Gasteiger partial charge >= 0.3 is 36.7 Å². The second kappa shape index (κ2) is 14.6. The van der Waals surface area contributed by atoms with E-state index >= 15 is 0 Å². The molecule has 0 aromatic heterocycles. The quantitative estimate of drug-likeness (QED) is 0.263. The molecule has 0 aliphatic heterocycles. The fourth-order valence-electron chi connectivity index (χ4n) is 1.81. The van der Waals surface area contributed by atoms with Crippen LogP contribution in [0.3, 0.4) is 0 Å². The van der Waals surface area contributed by atoms with Crippen LogP contribution in [-0.4, -0.2) is 33.8 Å². The summed E-state index contributed by atoms with van der Waals surface area (Å²) in [5.41, 5.74) is 3.22. The molecule has 2 aromatic carbocycles. The number of carbonyl (C=O) groups excluding carboxylic acids is 2. The minimum absolute atomic E-state index is 0.0598. The van der Waals surface area contributed by atoms with E-state index in [1.807, 2.05) is 31.2 Å². The van der Waals surface area contributed by atoms with E-state index in [1.165, 1.54) is 14.2 Å². The molecule has 0 saturated heterocycles. The van der Waals surface area contributed by atoms with Crippen molar-refractivity contribution in [1.29, 1.82) is 0 Å². The number of carbonyl (C=O) groups is 2. The summed E-state index contributed by atoms with van der Waals surface area (Å²) < 4.78 is 11.9. The number of alkyl halides is 2. The third kappa shape index (κ3) is 10.5. The van der Waals surface area contributed by atoms with Gasteiger partial charge < -0.3 is 9.47 Å². The van der Waals surface area contributed by atoms with Crippen molar-refractivity contribution in [3.8, 4) is 0 Å². The topological polar surface area (TPSA) is 65.0 Å². The van der Waals surface area contributed by atoms with Crippen LogP contribution in [0, 0.1) is 6.92 Å². The summed E-state index contributed by atoms with van der Waals surface area (Å²) in [6.45, 7) is 1.94. The molecule has 0 atom stereocenters. The van der Waals surface area contributed by atoms with Crippen LogP contribution in [0.1, 0.15) is 35.6 Å². The van der Waals surface area contributed by atoms with Crippen LogP contribution in [-0.2, 0) is 9.47 Å². The predicted octanol–water partition coefficient (Wildman–Crippen LogP) is 5.23. The Bertz CT molecular complexity index is 760. The first kappa shape index (κ1) is 25.6. The number of hydrogen-bond acceptors (Lipinski definition) is 6. The average molecular weight is 516 g/mol. The van der Waals surface area contributed by atoms with Crippen molar-refractivity contribution in [3.63, 3.8) is 0 Å². The van der Waals surface area contributed by atoms with Gasteiger partial charge in [0, 0.05) is 0 Å². The van der Waals surface area contributed by atoms with E-state index < -0.39 is 0 Å². The molecule has 0 N–H and O–H groups in total. The summed E-state index contributed by atoms with van der Waals surface area (Å²) in [6.07, 6.45) is 0. The number of esters is 2. The molecule has 1 radical (unpaired) electrons. The Balaban J connectivity index is 0.000000442. The molecule has 0 aliphatic rings. The van der Waals surface area contributed by atoms with Crippen molar-refractivity contribution < 1.29 is 19.1 Å². The van der Waals surface area contributed by atoms with Crippen molar-refractivity contribution in [2.45, 2.75) is 10.7 Å². The summed E-state index contributed by atoms with van der Waals surface area (Å²) in [7, 11) is 7.09. The van der Waals surface area contributed by atoms with Crippen molar-refractivity contribution in [2.75, 3.05) is 14.2 Å². The SMILES string of the molecule is COC(=O)c1cccc(C(Br)Br)c1.COC(=O)c1cccc(C)c1.[B]=NS. The van der Waals surface area contributed by atoms with Crippen LogP contribution in [0.2, 0.25) is 0 Å². The van der Waals surface area contributed by atoms with Gasteiger partial charge in [0.05, 0.1) is 29.1 Å². The molecule has 0 fully saturated rings. The van der Waals surface area contributed by atoms with E-state index in [-0.39, 0.29) is 15.7 Å². The average Bonchev–Trinajstić information content (AvgIpc) is 2.68. The molecular formula is C18H19BBr2NO4S. The Morgan fingerprint density at radius 3 is 1.85 bits per heavy atom. The van der Waals surface area contributed by atoms with Gasteiger partial charge in [-0.1, -0.05) is 61.7 Å². The first-order valence-electron chi connectivity index (χ1n) is 7.46. The van der Waals surface area contributed by atoms with E-state index in [2.05, 4.69) is 66.1 Å². The summed E-state index contributed by atoms with van der Waals surface area (Å²) in [4.78, 5) is 22.1. The molecule has 2 aromatic rings. The van der Waals surface area contributed by atoms with Gasteiger partial charge in [-0.2, -0.15) is 0 Å². The predicted molar refractivity (Wildman–Crippen MR) is 118 cm³/mol. The molecular weight excluding hydrogens is 497 g/mol. The first-order valence-corrected chi connectivity index (χ1v) is 9.69. The number of thiol groups is 1. The van der Waals surface area contributed by atoms with Crippen molar-refractivity contribution in [1.82, 2.24) is 0 Å². The number of hydrogen-bond donors (Lipinski definition) is 1. The minimum atomic E-state index is -0.317. The molecule has 0 bridgehead atoms. The third-order valence-corrected chi connectivity index (χ3v) is 4.06. The second-order valence-corrected chi connectivity index (χ2v) is 8.19. The van der Waals surface area contributed by atoms with Gasteiger partial charge in [0.25, 0.3) is 0 Å². The van der Waals surface area contributed by atoms with E-state index in [0.29, 0.717) is 11.1 Å². The van der Waals surface area contributed by atoms with Gasteiger partial charge in [-0.25, -0.2) is 9.59 Å². The molecule has 0 aliphatic carbocycles. The Labute approximate surface area is 182 Å². The fraction of sp³-hybridized carbons (Fsp3) is 0.222. The van der Waals surface area contributed by atoms with E-state index in [9.17, 15) is 9.59 Å². The number of rotatable bonds is 3. The molecule has 0 unspecified atom stereocenters. The van der Waals surface area contributed by atoms with Gasteiger partial charge in [0.1, 0.15) is 0 Å². The van der Waals surface area contributed by atoms with Crippen LogP contribution in [0.4, 0.5) is 0 Å². The molecule has 9 heteroatoms. The molecule has 143 valence electrons. The van der Waals surface area contributed by atoms with Crippen LogP contribution >= 0.6 is 44.7 Å². The van der Waals surface area contributed by atoms with Gasteiger partial charge in [0.2, 0.25) is 0 Å². The van der Waals surface area contributed by atoms with Crippen molar-refractivity contribution in [3.05, 3.63) is 70.8 Å². The van der Waals surface area contributed by atoms with Crippen LogP contribution in [0.5, 0.6) is 0 Å². The summed E-state index contributed by atoms with van der Waals surface area (Å²) in [6, 6.07) is 14.5. The molecule has 27 heavy (non-hydrogen) atoms. The number of halogens is 2. The van der Waals surface area contributed by atoms with Gasteiger partial charge in [0.15, 0.2) is 0 Å². The summed E-state index contributed by atoms with van der Waals surface area (Å²) >= 11 is 9.90. The molecule has 0 amide bonds. The maximum atomic E-state index is 11.1. The number of nitrogens with zero attached hydrogens (tertiary/aromatic N) is 1. The number of aryl methyl sites for hydroxylation is 1. The van der Waals surface area contributed by atoms with Gasteiger partial charge in [-0.05, 0) is 36.8 Å². The second-order valence-electron chi connectivity index (χ2n) is 4.89. The maximum absolute atomic E-state index is 11.1. The number of methoxy groups -OCH3 is 2. The van der Waals surface area contributed by atoms with E-state index in [1.54, 1.807) is 24.3 Å². The molecule has 0 heterocycles. The van der Waals surface area contributed by atoms with Crippen LogP contribution < -0.4 is 0 Å². The Morgan fingerprint density at radius 2 is 1.44 bits per heavy atom. The normalized spacial score (nSPS) is 9.11. The zero-order valence-corrected chi connectivity index (χ0v) is 19.1. The zero-order chi connectivity index (χ0) is 20.8. The van der Waals surface area contributed by atoms with Crippen molar-refractivity contribution in [2.24, 2.45) is 4.30 Å². The third-order valence-electron chi connectivity index (χ3n) is 3.00. The number of ether oxygens (including phenoxy) is 2. The summed E-state index contributed by atoms with van der Waals surface area (Å²) in [5.74, 6) is -0.601. The Morgan fingerprint density at radius 1 is 1.00 bits per heavy atom. The number of benzene rings is 2. The molecule has 0 saturated carbocycles. The Kier molecular flexibility index (Phi) is 13.8. The van der Waals surface area contributed by atoms with Crippen molar-refractivity contribution >= 4 is 64.3 Å².